The minimum Gasteiger partial charge on any atom is -0.484 e. The summed E-state index contributed by atoms with van der Waals surface area (Å²) in [5.74, 6) is 0.237. The molecule has 2 aromatic rings. The van der Waals surface area contributed by atoms with E-state index in [4.69, 9.17) is 4.74 Å². The number of ketones is 1. The number of ether oxygens (including phenoxy) is 1. The molecule has 0 aliphatic carbocycles. The van der Waals surface area contributed by atoms with E-state index in [1.807, 2.05) is 24.3 Å². The molecule has 6 nitrogen and oxygen atoms in total. The number of rotatable bonds is 6. The van der Waals surface area contributed by atoms with Gasteiger partial charge >= 0.3 is 0 Å². The second-order valence-electron chi connectivity index (χ2n) is 6.73. The minimum absolute atomic E-state index is 0.0361. The molecule has 1 N–H and O–H groups in total. The first-order valence-corrected chi connectivity index (χ1v) is 9.09. The van der Waals surface area contributed by atoms with Gasteiger partial charge in [0.05, 0.1) is 11.4 Å². The summed E-state index contributed by atoms with van der Waals surface area (Å²) in [5.41, 5.74) is 2.37. The van der Waals surface area contributed by atoms with E-state index >= 15 is 0 Å². The van der Waals surface area contributed by atoms with Crippen LogP contribution in [0.25, 0.3) is 0 Å². The van der Waals surface area contributed by atoms with Crippen molar-refractivity contribution in [2.24, 2.45) is 0 Å². The molecule has 1 fully saturated rings. The Morgan fingerprint density at radius 1 is 1.04 bits per heavy atom. The smallest absolute Gasteiger partial charge is 0.262 e. The number of nitrogens with zero attached hydrogens (tertiary/aromatic N) is 2. The van der Waals surface area contributed by atoms with Crippen LogP contribution in [0.15, 0.2) is 48.5 Å². The largest absolute Gasteiger partial charge is 0.484 e. The molecule has 0 saturated carbocycles. The lowest BCUT2D eigenvalue weighted by atomic mass is 10.1. The van der Waals surface area contributed by atoms with Gasteiger partial charge in [-0.05, 0) is 38.2 Å². The van der Waals surface area contributed by atoms with Gasteiger partial charge in [-0.25, -0.2) is 0 Å². The number of anilines is 2. The van der Waals surface area contributed by atoms with Crippen LogP contribution in [0.1, 0.15) is 17.3 Å². The Labute approximate surface area is 159 Å². The molecule has 27 heavy (non-hydrogen) atoms. The molecule has 0 spiro atoms. The number of benzene rings is 2. The highest BCUT2D eigenvalue weighted by molar-refractivity contribution is 5.96. The number of hydrogen-bond acceptors (Lipinski definition) is 5. The molecule has 0 aromatic heterocycles. The summed E-state index contributed by atoms with van der Waals surface area (Å²) in [7, 11) is 2.11. The van der Waals surface area contributed by atoms with Crippen LogP contribution in [0, 0.1) is 0 Å². The fourth-order valence-corrected chi connectivity index (χ4v) is 3.04. The molecule has 1 aliphatic heterocycles. The quantitative estimate of drug-likeness (QED) is 0.796. The third-order valence-corrected chi connectivity index (χ3v) is 4.63. The van der Waals surface area contributed by atoms with Gasteiger partial charge in [-0.15, -0.1) is 0 Å². The zero-order valence-electron chi connectivity index (χ0n) is 15.8. The summed E-state index contributed by atoms with van der Waals surface area (Å²) in [4.78, 5) is 28.4. The Hall–Kier alpha value is -2.86. The summed E-state index contributed by atoms with van der Waals surface area (Å²) in [5, 5.41) is 2.94. The van der Waals surface area contributed by atoms with Crippen molar-refractivity contribution in [3.63, 3.8) is 0 Å². The first-order valence-electron chi connectivity index (χ1n) is 9.09. The maximum atomic E-state index is 12.4. The van der Waals surface area contributed by atoms with Gasteiger partial charge in [0.25, 0.3) is 5.91 Å². The van der Waals surface area contributed by atoms with Gasteiger partial charge in [0.2, 0.25) is 0 Å². The van der Waals surface area contributed by atoms with Crippen molar-refractivity contribution in [3.8, 4) is 5.75 Å². The van der Waals surface area contributed by atoms with Crippen molar-refractivity contribution in [2.75, 3.05) is 50.1 Å². The second kappa shape index (κ2) is 8.68. The maximum absolute atomic E-state index is 12.4. The van der Waals surface area contributed by atoms with E-state index in [2.05, 4.69) is 22.2 Å². The van der Waals surface area contributed by atoms with E-state index in [1.165, 1.54) is 6.92 Å². The Kier molecular flexibility index (Phi) is 6.08. The lowest BCUT2D eigenvalue weighted by molar-refractivity contribution is -0.118. The van der Waals surface area contributed by atoms with Crippen molar-refractivity contribution in [1.29, 1.82) is 0 Å². The fraction of sp³-hybridized carbons (Fsp3) is 0.333. The van der Waals surface area contributed by atoms with Crippen LogP contribution in [0.4, 0.5) is 11.4 Å². The van der Waals surface area contributed by atoms with Crippen molar-refractivity contribution in [1.82, 2.24) is 4.90 Å². The molecular formula is C21H25N3O3. The van der Waals surface area contributed by atoms with E-state index in [9.17, 15) is 9.59 Å². The SMILES string of the molecule is CC(=O)c1cccc(OCC(=O)Nc2ccccc2N2CCN(C)CC2)c1. The molecule has 1 amide bonds. The van der Waals surface area contributed by atoms with Gasteiger partial charge < -0.3 is 19.9 Å². The predicted octanol–water partition coefficient (Wildman–Crippen LogP) is 2.66. The number of para-hydroxylation sites is 2. The first-order chi connectivity index (χ1) is 13.0. The summed E-state index contributed by atoms with van der Waals surface area (Å²) < 4.78 is 5.55. The summed E-state index contributed by atoms with van der Waals surface area (Å²) >= 11 is 0. The summed E-state index contributed by atoms with van der Waals surface area (Å²) in [6, 6.07) is 14.7. The van der Waals surface area contributed by atoms with Crippen molar-refractivity contribution < 1.29 is 14.3 Å². The maximum Gasteiger partial charge on any atom is 0.262 e. The zero-order valence-corrected chi connectivity index (χ0v) is 15.8. The second-order valence-corrected chi connectivity index (χ2v) is 6.73. The van der Waals surface area contributed by atoms with Crippen LogP contribution in [0.2, 0.25) is 0 Å². The van der Waals surface area contributed by atoms with Crippen LogP contribution in [0.3, 0.4) is 0 Å². The van der Waals surface area contributed by atoms with Gasteiger partial charge in [-0.3, -0.25) is 9.59 Å². The topological polar surface area (TPSA) is 61.9 Å². The van der Waals surface area contributed by atoms with Gasteiger partial charge in [0, 0.05) is 31.7 Å². The van der Waals surface area contributed by atoms with E-state index in [-0.39, 0.29) is 18.3 Å². The van der Waals surface area contributed by atoms with Gasteiger partial charge in [0.15, 0.2) is 12.4 Å². The first kappa shape index (κ1) is 18.9. The molecule has 142 valence electrons. The third kappa shape index (κ3) is 5.08. The highest BCUT2D eigenvalue weighted by Crippen LogP contribution is 2.26. The number of likely N-dealkylation sites (N-methyl/N-ethyl adjacent to an activating group) is 1. The number of Topliss-reactive ketones (excluding diaryl/α,β-unsaturated/α-hetero) is 1. The molecule has 3 rings (SSSR count). The van der Waals surface area contributed by atoms with Crippen molar-refractivity contribution in [3.05, 3.63) is 54.1 Å². The minimum atomic E-state index is -0.232. The monoisotopic (exact) mass is 367 g/mol. The molecule has 6 heteroatoms. The van der Waals surface area contributed by atoms with Crippen LogP contribution >= 0.6 is 0 Å². The number of nitrogens with one attached hydrogen (secondary N) is 1. The average molecular weight is 367 g/mol. The van der Waals surface area contributed by atoms with E-state index in [1.54, 1.807) is 24.3 Å². The third-order valence-electron chi connectivity index (χ3n) is 4.63. The molecule has 1 heterocycles. The molecule has 1 saturated heterocycles. The number of hydrogen-bond donors (Lipinski definition) is 1. The summed E-state index contributed by atoms with van der Waals surface area (Å²) in [6.07, 6.45) is 0. The fourth-order valence-electron chi connectivity index (χ4n) is 3.04. The van der Waals surface area contributed by atoms with E-state index in [0.29, 0.717) is 11.3 Å². The average Bonchev–Trinajstić information content (AvgIpc) is 2.68. The Morgan fingerprint density at radius 2 is 1.78 bits per heavy atom. The lowest BCUT2D eigenvalue weighted by Gasteiger charge is -2.35. The van der Waals surface area contributed by atoms with Crippen molar-refractivity contribution in [2.45, 2.75) is 6.92 Å². The molecule has 2 aromatic carbocycles. The zero-order chi connectivity index (χ0) is 19.2. The normalized spacial score (nSPS) is 14.7. The Bertz CT molecular complexity index is 814. The summed E-state index contributed by atoms with van der Waals surface area (Å²) in [6.45, 7) is 5.24. The highest BCUT2D eigenvalue weighted by atomic mass is 16.5. The molecular weight excluding hydrogens is 342 g/mol. The number of carbonyl (C=O) groups is 2. The Morgan fingerprint density at radius 3 is 2.52 bits per heavy atom. The van der Waals surface area contributed by atoms with Gasteiger partial charge in [0.1, 0.15) is 5.75 Å². The van der Waals surface area contributed by atoms with E-state index in [0.717, 1.165) is 37.6 Å². The Balaban J connectivity index is 1.61. The molecule has 1 aliphatic rings. The molecule has 0 bridgehead atoms. The predicted molar refractivity (Wildman–Crippen MR) is 107 cm³/mol. The standard InChI is InChI=1S/C21H25N3O3/c1-16(25)17-6-5-7-18(14-17)27-15-21(26)22-19-8-3-4-9-20(19)24-12-10-23(2)11-13-24/h3-9,14H,10-13,15H2,1-2H3,(H,22,26). The molecule has 0 unspecified atom stereocenters. The van der Waals surface area contributed by atoms with Crippen LogP contribution in [0.5, 0.6) is 5.75 Å². The number of piperazine rings is 1. The van der Waals surface area contributed by atoms with Crippen LogP contribution in [-0.4, -0.2) is 56.4 Å². The number of carbonyl (C=O) groups excluding carboxylic acids is 2. The van der Waals surface area contributed by atoms with Crippen LogP contribution in [-0.2, 0) is 4.79 Å². The number of amides is 1. The molecule has 0 atom stereocenters. The lowest BCUT2D eigenvalue weighted by Crippen LogP contribution is -2.44. The van der Waals surface area contributed by atoms with Gasteiger partial charge in [-0.1, -0.05) is 24.3 Å². The molecule has 0 radical (unpaired) electrons. The van der Waals surface area contributed by atoms with Crippen LogP contribution < -0.4 is 15.0 Å². The highest BCUT2D eigenvalue weighted by Gasteiger charge is 2.17. The van der Waals surface area contributed by atoms with Crippen molar-refractivity contribution >= 4 is 23.1 Å². The van der Waals surface area contributed by atoms with E-state index < -0.39 is 0 Å². The van der Waals surface area contributed by atoms with Gasteiger partial charge in [-0.2, -0.15) is 0 Å².